The van der Waals surface area contributed by atoms with Crippen molar-refractivity contribution in [3.63, 3.8) is 0 Å². The number of hydrogen-bond acceptors (Lipinski definition) is 2. The van der Waals surface area contributed by atoms with Gasteiger partial charge in [-0.15, -0.1) is 0 Å². The molecule has 0 bridgehead atoms. The summed E-state index contributed by atoms with van der Waals surface area (Å²) >= 11 is 1.81. The summed E-state index contributed by atoms with van der Waals surface area (Å²) < 4.78 is 2.54. The first-order valence-corrected chi connectivity index (χ1v) is 6.87. The Morgan fingerprint density at radius 1 is 0.895 bits per heavy atom. The lowest BCUT2D eigenvalue weighted by molar-refractivity contribution is -0.118. The van der Waals surface area contributed by atoms with Gasteiger partial charge in [0.05, 0.1) is 29.3 Å². The fourth-order valence-corrected chi connectivity index (χ4v) is 1.94. The second-order valence-corrected chi connectivity index (χ2v) is 4.63. The third-order valence-electron chi connectivity index (χ3n) is 2.72. The number of rotatable bonds is 4. The van der Waals surface area contributed by atoms with Gasteiger partial charge in [0.25, 0.3) is 0 Å². The Hall–Kier alpha value is -1.69. The average molecular weight is 365 g/mol. The fraction of sp³-hybridized carbons (Fsp3) is 0.0667. The maximum Gasteiger partial charge on any atom is 0.233 e. The van der Waals surface area contributed by atoms with Gasteiger partial charge in [0.15, 0.2) is 5.78 Å². The third kappa shape index (κ3) is 3.64. The monoisotopic (exact) mass is 365 g/mol. The summed E-state index contributed by atoms with van der Waals surface area (Å²) in [6.45, 7) is 0. The zero-order valence-electron chi connectivity index (χ0n) is 10.1. The standard InChI is InChI=1S/C15H12INO2/c16-17-14(18)10-11-6-8-13(9-7-11)15(19)12-4-2-1-3-5-12/h1-9H,10H2,(H,17,18). The van der Waals surface area contributed by atoms with Gasteiger partial charge in [-0.1, -0.05) is 54.6 Å². The number of amides is 1. The van der Waals surface area contributed by atoms with Gasteiger partial charge in [-0.05, 0) is 5.56 Å². The smallest absolute Gasteiger partial charge is 0.233 e. The van der Waals surface area contributed by atoms with E-state index in [0.717, 1.165) is 5.56 Å². The minimum Gasteiger partial charge on any atom is -0.299 e. The van der Waals surface area contributed by atoms with Crippen molar-refractivity contribution in [1.29, 1.82) is 0 Å². The Kier molecular flexibility index (Phi) is 4.68. The van der Waals surface area contributed by atoms with E-state index in [4.69, 9.17) is 0 Å². The van der Waals surface area contributed by atoms with Crippen molar-refractivity contribution in [2.75, 3.05) is 0 Å². The largest absolute Gasteiger partial charge is 0.299 e. The van der Waals surface area contributed by atoms with E-state index in [1.807, 2.05) is 53.2 Å². The van der Waals surface area contributed by atoms with Gasteiger partial charge in [-0.3, -0.25) is 13.1 Å². The predicted octanol–water partition coefficient (Wildman–Crippen LogP) is 2.93. The molecule has 2 aromatic rings. The van der Waals surface area contributed by atoms with Crippen molar-refractivity contribution in [3.8, 4) is 0 Å². The van der Waals surface area contributed by atoms with Gasteiger partial charge in [-0.25, -0.2) is 0 Å². The Balaban J connectivity index is 2.15. The van der Waals surface area contributed by atoms with Gasteiger partial charge in [0.2, 0.25) is 5.91 Å². The van der Waals surface area contributed by atoms with E-state index in [2.05, 4.69) is 3.53 Å². The van der Waals surface area contributed by atoms with Crippen molar-refractivity contribution in [2.24, 2.45) is 0 Å². The summed E-state index contributed by atoms with van der Waals surface area (Å²) in [5.74, 6) is -0.0618. The molecule has 1 amide bonds. The summed E-state index contributed by atoms with van der Waals surface area (Å²) in [6, 6.07) is 16.3. The number of nitrogens with one attached hydrogen (secondary N) is 1. The van der Waals surface area contributed by atoms with E-state index < -0.39 is 0 Å². The van der Waals surface area contributed by atoms with Crippen molar-refractivity contribution in [2.45, 2.75) is 6.42 Å². The van der Waals surface area contributed by atoms with Crippen LogP contribution in [0.3, 0.4) is 0 Å². The van der Waals surface area contributed by atoms with Gasteiger partial charge in [0, 0.05) is 11.1 Å². The maximum absolute atomic E-state index is 12.2. The van der Waals surface area contributed by atoms with Gasteiger partial charge in [-0.2, -0.15) is 0 Å². The first kappa shape index (κ1) is 13.7. The normalized spacial score (nSPS) is 9.95. The van der Waals surface area contributed by atoms with Gasteiger partial charge >= 0.3 is 0 Å². The van der Waals surface area contributed by atoms with Crippen LogP contribution in [0.4, 0.5) is 0 Å². The summed E-state index contributed by atoms with van der Waals surface area (Å²) in [4.78, 5) is 23.4. The molecule has 0 heterocycles. The average Bonchev–Trinajstić information content (AvgIpc) is 2.48. The minimum absolute atomic E-state index is 0.00880. The van der Waals surface area contributed by atoms with E-state index in [1.165, 1.54) is 0 Å². The van der Waals surface area contributed by atoms with E-state index in [-0.39, 0.29) is 11.7 Å². The van der Waals surface area contributed by atoms with E-state index in [9.17, 15) is 9.59 Å². The predicted molar refractivity (Wildman–Crippen MR) is 82.2 cm³/mol. The molecule has 0 spiro atoms. The topological polar surface area (TPSA) is 46.2 Å². The lowest BCUT2D eigenvalue weighted by Crippen LogP contribution is -2.14. The Morgan fingerprint density at radius 2 is 1.47 bits per heavy atom. The van der Waals surface area contributed by atoms with Gasteiger partial charge < -0.3 is 0 Å². The lowest BCUT2D eigenvalue weighted by Gasteiger charge is -2.03. The lowest BCUT2D eigenvalue weighted by atomic mass is 10.0. The molecule has 2 aromatic carbocycles. The van der Waals surface area contributed by atoms with Crippen LogP contribution < -0.4 is 3.53 Å². The molecule has 19 heavy (non-hydrogen) atoms. The molecule has 0 unspecified atom stereocenters. The molecule has 3 nitrogen and oxygen atoms in total. The molecule has 0 aliphatic rings. The number of benzene rings is 2. The molecule has 0 saturated carbocycles. The van der Waals surface area contributed by atoms with E-state index in [0.29, 0.717) is 17.5 Å². The van der Waals surface area contributed by atoms with Crippen LogP contribution in [0.5, 0.6) is 0 Å². The van der Waals surface area contributed by atoms with Crippen LogP contribution in [0.15, 0.2) is 54.6 Å². The Labute approximate surface area is 125 Å². The zero-order valence-corrected chi connectivity index (χ0v) is 12.3. The van der Waals surface area contributed by atoms with Crippen LogP contribution in [-0.2, 0) is 11.2 Å². The second kappa shape index (κ2) is 6.47. The van der Waals surface area contributed by atoms with E-state index >= 15 is 0 Å². The van der Waals surface area contributed by atoms with Crippen LogP contribution >= 0.6 is 22.9 Å². The molecule has 0 radical (unpaired) electrons. The van der Waals surface area contributed by atoms with Crippen molar-refractivity contribution in [3.05, 3.63) is 71.3 Å². The van der Waals surface area contributed by atoms with Crippen molar-refractivity contribution in [1.82, 2.24) is 3.53 Å². The second-order valence-electron chi connectivity index (χ2n) is 4.09. The first-order chi connectivity index (χ1) is 9.20. The number of ketones is 1. The fourth-order valence-electron chi connectivity index (χ4n) is 1.75. The highest BCUT2D eigenvalue weighted by molar-refractivity contribution is 14.1. The molecule has 0 aliphatic heterocycles. The quantitative estimate of drug-likeness (QED) is 0.515. The highest BCUT2D eigenvalue weighted by atomic mass is 127. The molecule has 96 valence electrons. The Bertz CT molecular complexity index is 579. The van der Waals surface area contributed by atoms with Crippen LogP contribution in [0, 0.1) is 0 Å². The van der Waals surface area contributed by atoms with Crippen LogP contribution in [0.2, 0.25) is 0 Å². The van der Waals surface area contributed by atoms with Crippen molar-refractivity contribution < 1.29 is 9.59 Å². The number of carbonyl (C=O) groups is 2. The van der Waals surface area contributed by atoms with Crippen molar-refractivity contribution >= 4 is 34.6 Å². The summed E-state index contributed by atoms with van der Waals surface area (Å²) in [5.41, 5.74) is 2.18. The first-order valence-electron chi connectivity index (χ1n) is 5.79. The maximum atomic E-state index is 12.2. The molecule has 0 aromatic heterocycles. The molecule has 4 heteroatoms. The third-order valence-corrected chi connectivity index (χ3v) is 3.32. The SMILES string of the molecule is O=C(Cc1ccc(C(=O)c2ccccc2)cc1)NI. The molecule has 0 atom stereocenters. The minimum atomic E-state index is -0.0530. The van der Waals surface area contributed by atoms with E-state index in [1.54, 1.807) is 24.3 Å². The molecular formula is C15H12INO2. The summed E-state index contributed by atoms with van der Waals surface area (Å²) in [6.07, 6.45) is 0.322. The van der Waals surface area contributed by atoms with Crippen LogP contribution in [0.25, 0.3) is 0 Å². The molecule has 1 N–H and O–H groups in total. The van der Waals surface area contributed by atoms with Gasteiger partial charge in [0.1, 0.15) is 0 Å². The molecule has 0 fully saturated rings. The molecule has 0 aliphatic carbocycles. The molecule has 0 saturated heterocycles. The zero-order chi connectivity index (χ0) is 13.7. The summed E-state index contributed by atoms with van der Waals surface area (Å²) in [5, 5.41) is 0. The number of hydrogen-bond donors (Lipinski definition) is 1. The molecular weight excluding hydrogens is 353 g/mol. The number of carbonyl (C=O) groups excluding carboxylic acids is 2. The van der Waals surface area contributed by atoms with Crippen LogP contribution in [-0.4, -0.2) is 11.7 Å². The molecule has 2 rings (SSSR count). The highest BCUT2D eigenvalue weighted by Gasteiger charge is 2.08. The number of halogens is 1. The highest BCUT2D eigenvalue weighted by Crippen LogP contribution is 2.11. The Morgan fingerprint density at radius 3 is 2.05 bits per heavy atom. The summed E-state index contributed by atoms with van der Waals surface area (Å²) in [7, 11) is 0. The van der Waals surface area contributed by atoms with Crippen LogP contribution in [0.1, 0.15) is 21.5 Å².